The number of guanidine groups is 1. The Morgan fingerprint density at radius 1 is 1.11 bits per heavy atom. The van der Waals surface area contributed by atoms with Crippen LogP contribution in [-0.4, -0.2) is 52.3 Å². The predicted molar refractivity (Wildman–Crippen MR) is 117 cm³/mol. The highest BCUT2D eigenvalue weighted by molar-refractivity contribution is 5.93. The summed E-state index contributed by atoms with van der Waals surface area (Å²) in [5, 5.41) is 6.73. The van der Waals surface area contributed by atoms with Gasteiger partial charge in [-0.1, -0.05) is 29.8 Å². The van der Waals surface area contributed by atoms with E-state index in [2.05, 4.69) is 65.8 Å². The Morgan fingerprint density at radius 2 is 1.82 bits per heavy atom. The topological polar surface area (TPSA) is 58.1 Å². The fourth-order valence-electron chi connectivity index (χ4n) is 2.92. The predicted octanol–water partition coefficient (Wildman–Crippen LogP) is 3.69. The quantitative estimate of drug-likeness (QED) is 0.537. The third-order valence-corrected chi connectivity index (χ3v) is 4.50. The van der Waals surface area contributed by atoms with Gasteiger partial charge in [-0.05, 0) is 45.6 Å². The van der Waals surface area contributed by atoms with Crippen LogP contribution in [0.4, 0.5) is 5.69 Å². The van der Waals surface area contributed by atoms with Crippen molar-refractivity contribution < 1.29 is 9.47 Å². The van der Waals surface area contributed by atoms with Crippen molar-refractivity contribution in [1.29, 1.82) is 0 Å². The Balaban J connectivity index is 2.06. The molecule has 6 heteroatoms. The van der Waals surface area contributed by atoms with Gasteiger partial charge in [0.15, 0.2) is 17.5 Å². The minimum Gasteiger partial charge on any atom is -0.493 e. The van der Waals surface area contributed by atoms with Crippen LogP contribution >= 0.6 is 0 Å². The molecule has 2 aromatic rings. The van der Waals surface area contributed by atoms with Crippen molar-refractivity contribution in [2.75, 3.05) is 46.7 Å². The maximum absolute atomic E-state index is 5.57. The first-order valence-corrected chi connectivity index (χ1v) is 9.50. The third kappa shape index (κ3) is 5.89. The van der Waals surface area contributed by atoms with Gasteiger partial charge in [-0.3, -0.25) is 4.99 Å². The van der Waals surface area contributed by atoms with Gasteiger partial charge in [0.1, 0.15) is 0 Å². The highest BCUT2D eigenvalue weighted by Gasteiger charge is 2.15. The lowest BCUT2D eigenvalue weighted by atomic mass is 10.0. The van der Waals surface area contributed by atoms with Crippen LogP contribution in [0.2, 0.25) is 0 Å². The summed E-state index contributed by atoms with van der Waals surface area (Å²) in [4.78, 5) is 6.54. The standard InChI is InChI=1S/C22H32N4O2/c1-7-28-20-13-12-18(14-21(20)27-6)25-22(23-3)24-15-19(26(4)5)17-10-8-16(2)9-11-17/h8-14,19H,7,15H2,1-6H3,(H2,23,24,25). The molecule has 0 radical (unpaired) electrons. The molecule has 2 rings (SSSR count). The molecule has 0 aliphatic rings. The smallest absolute Gasteiger partial charge is 0.195 e. The van der Waals surface area contributed by atoms with Crippen LogP contribution < -0.4 is 20.1 Å². The van der Waals surface area contributed by atoms with Crippen LogP contribution in [0.25, 0.3) is 0 Å². The molecule has 0 saturated carbocycles. The number of methoxy groups -OCH3 is 1. The molecular weight excluding hydrogens is 352 g/mol. The lowest BCUT2D eigenvalue weighted by Crippen LogP contribution is -2.38. The highest BCUT2D eigenvalue weighted by Crippen LogP contribution is 2.30. The van der Waals surface area contributed by atoms with Crippen molar-refractivity contribution in [2.24, 2.45) is 4.99 Å². The van der Waals surface area contributed by atoms with Crippen molar-refractivity contribution in [2.45, 2.75) is 19.9 Å². The van der Waals surface area contributed by atoms with Crippen LogP contribution in [0.3, 0.4) is 0 Å². The van der Waals surface area contributed by atoms with Gasteiger partial charge in [-0.2, -0.15) is 0 Å². The van der Waals surface area contributed by atoms with E-state index in [0.717, 1.165) is 18.0 Å². The van der Waals surface area contributed by atoms with E-state index in [4.69, 9.17) is 9.47 Å². The van der Waals surface area contributed by atoms with Crippen LogP contribution in [0.1, 0.15) is 24.1 Å². The summed E-state index contributed by atoms with van der Waals surface area (Å²) in [6, 6.07) is 14.6. The van der Waals surface area contributed by atoms with Gasteiger partial charge >= 0.3 is 0 Å². The van der Waals surface area contributed by atoms with Crippen molar-refractivity contribution in [3.63, 3.8) is 0 Å². The molecule has 0 heterocycles. The number of likely N-dealkylation sites (N-methyl/N-ethyl adjacent to an activating group) is 1. The monoisotopic (exact) mass is 384 g/mol. The minimum atomic E-state index is 0.231. The number of rotatable bonds is 8. The second kappa shape index (κ2) is 10.6. The number of hydrogen-bond donors (Lipinski definition) is 2. The molecule has 1 unspecified atom stereocenters. The van der Waals surface area contributed by atoms with Crippen LogP contribution in [-0.2, 0) is 0 Å². The third-order valence-electron chi connectivity index (χ3n) is 4.50. The zero-order valence-corrected chi connectivity index (χ0v) is 17.7. The van der Waals surface area contributed by atoms with Crippen molar-refractivity contribution in [3.8, 4) is 11.5 Å². The molecule has 0 aliphatic carbocycles. The molecule has 0 fully saturated rings. The summed E-state index contributed by atoms with van der Waals surface area (Å²) in [5.41, 5.74) is 3.41. The van der Waals surface area contributed by atoms with E-state index in [9.17, 15) is 0 Å². The molecule has 0 aliphatic heterocycles. The second-order valence-corrected chi connectivity index (χ2v) is 6.77. The molecule has 2 aromatic carbocycles. The number of aliphatic imine (C=N–C) groups is 1. The molecule has 0 spiro atoms. The number of benzene rings is 2. The van der Waals surface area contributed by atoms with Crippen molar-refractivity contribution >= 4 is 11.6 Å². The number of nitrogens with zero attached hydrogens (tertiary/aromatic N) is 2. The number of nitrogens with one attached hydrogen (secondary N) is 2. The average molecular weight is 385 g/mol. The molecule has 152 valence electrons. The van der Waals surface area contributed by atoms with Gasteiger partial charge in [0.05, 0.1) is 19.8 Å². The van der Waals surface area contributed by atoms with Gasteiger partial charge in [0, 0.05) is 25.3 Å². The van der Waals surface area contributed by atoms with E-state index in [1.54, 1.807) is 14.2 Å². The summed E-state index contributed by atoms with van der Waals surface area (Å²) in [6.45, 7) is 5.37. The summed E-state index contributed by atoms with van der Waals surface area (Å²) < 4.78 is 11.0. The number of hydrogen-bond acceptors (Lipinski definition) is 4. The van der Waals surface area contributed by atoms with E-state index in [1.807, 2.05) is 25.1 Å². The second-order valence-electron chi connectivity index (χ2n) is 6.77. The maximum Gasteiger partial charge on any atom is 0.195 e. The molecule has 1 atom stereocenters. The maximum atomic E-state index is 5.57. The van der Waals surface area contributed by atoms with Crippen LogP contribution in [0.5, 0.6) is 11.5 Å². The van der Waals surface area contributed by atoms with Gasteiger partial charge in [-0.25, -0.2) is 0 Å². The van der Waals surface area contributed by atoms with Gasteiger partial charge in [0.2, 0.25) is 0 Å². The Hall–Kier alpha value is -2.73. The van der Waals surface area contributed by atoms with E-state index >= 15 is 0 Å². The normalized spacial score (nSPS) is 12.6. The Labute approximate surface area is 168 Å². The molecule has 28 heavy (non-hydrogen) atoms. The zero-order chi connectivity index (χ0) is 20.5. The molecule has 2 N–H and O–H groups in total. The highest BCUT2D eigenvalue weighted by atomic mass is 16.5. The first-order valence-electron chi connectivity index (χ1n) is 9.50. The van der Waals surface area contributed by atoms with E-state index < -0.39 is 0 Å². The molecule has 0 amide bonds. The number of ether oxygens (including phenoxy) is 2. The lowest BCUT2D eigenvalue weighted by molar-refractivity contribution is 0.298. The summed E-state index contributed by atoms with van der Waals surface area (Å²) in [5.74, 6) is 2.11. The van der Waals surface area contributed by atoms with E-state index in [-0.39, 0.29) is 6.04 Å². The van der Waals surface area contributed by atoms with Gasteiger partial charge in [0.25, 0.3) is 0 Å². The lowest BCUT2D eigenvalue weighted by Gasteiger charge is -2.26. The molecule has 6 nitrogen and oxygen atoms in total. The van der Waals surface area contributed by atoms with Crippen molar-refractivity contribution in [3.05, 3.63) is 53.6 Å². The largest absolute Gasteiger partial charge is 0.493 e. The fraction of sp³-hybridized carbons (Fsp3) is 0.409. The number of anilines is 1. The van der Waals surface area contributed by atoms with E-state index in [0.29, 0.717) is 18.3 Å². The Kier molecular flexibility index (Phi) is 8.14. The van der Waals surface area contributed by atoms with Gasteiger partial charge < -0.3 is 25.0 Å². The summed E-state index contributed by atoms with van der Waals surface area (Å²) in [7, 11) is 7.56. The van der Waals surface area contributed by atoms with Crippen LogP contribution in [0, 0.1) is 6.92 Å². The zero-order valence-electron chi connectivity index (χ0n) is 17.7. The minimum absolute atomic E-state index is 0.231. The molecular formula is C22H32N4O2. The van der Waals surface area contributed by atoms with Gasteiger partial charge in [-0.15, -0.1) is 0 Å². The summed E-state index contributed by atoms with van der Waals surface area (Å²) in [6.07, 6.45) is 0. The van der Waals surface area contributed by atoms with Crippen molar-refractivity contribution in [1.82, 2.24) is 10.2 Å². The SMILES string of the molecule is CCOc1ccc(NC(=NC)NCC(c2ccc(C)cc2)N(C)C)cc1OC. The number of aryl methyl sites for hydroxylation is 1. The van der Waals surface area contributed by atoms with Crippen LogP contribution in [0.15, 0.2) is 47.5 Å². The van der Waals surface area contributed by atoms with E-state index in [1.165, 1.54) is 11.1 Å². The summed E-state index contributed by atoms with van der Waals surface area (Å²) >= 11 is 0. The molecule has 0 aromatic heterocycles. The fourth-order valence-corrected chi connectivity index (χ4v) is 2.92. The molecule has 0 bridgehead atoms. The Morgan fingerprint density at radius 3 is 2.39 bits per heavy atom. The average Bonchev–Trinajstić information content (AvgIpc) is 2.69. The molecule has 0 saturated heterocycles. The first-order chi connectivity index (χ1) is 13.5. The first kappa shape index (κ1) is 21.6. The Bertz CT molecular complexity index is 773.